The lowest BCUT2D eigenvalue weighted by atomic mass is 10.4. The van der Waals surface area contributed by atoms with Crippen molar-refractivity contribution in [1.82, 2.24) is 23.8 Å². The van der Waals surface area contributed by atoms with Crippen molar-refractivity contribution >= 4 is 34.7 Å². The maximum atomic E-state index is 12.3. The summed E-state index contributed by atoms with van der Waals surface area (Å²) >= 11 is 7.34. The molecule has 0 aliphatic carbocycles. The first kappa shape index (κ1) is 20.3. The zero-order valence-corrected chi connectivity index (χ0v) is 16.7. The highest BCUT2D eigenvalue weighted by Crippen LogP contribution is 2.19. The number of aromatic amines is 1. The fourth-order valence-electron chi connectivity index (χ4n) is 2.17. The molecule has 9 heteroatoms. The van der Waals surface area contributed by atoms with Crippen molar-refractivity contribution < 1.29 is 0 Å². The number of fused-ring (bicyclic) bond motifs is 1. The maximum absolute atomic E-state index is 12.3. The van der Waals surface area contributed by atoms with Crippen LogP contribution in [0.1, 0.15) is 20.8 Å². The van der Waals surface area contributed by atoms with Crippen molar-refractivity contribution in [3.8, 4) is 0 Å². The summed E-state index contributed by atoms with van der Waals surface area (Å²) < 4.78 is 6.31. The lowest BCUT2D eigenvalue weighted by Gasteiger charge is -2.08. The summed E-state index contributed by atoms with van der Waals surface area (Å²) in [5.74, 6) is 0. The molecule has 2 heterocycles. The Kier molecular flexibility index (Phi) is 7.07. The number of hydrogen-bond acceptors (Lipinski definition) is 5. The van der Waals surface area contributed by atoms with Crippen LogP contribution in [0.3, 0.4) is 0 Å². The summed E-state index contributed by atoms with van der Waals surface area (Å²) in [7, 11) is 1.58. The van der Waals surface area contributed by atoms with Crippen LogP contribution >= 0.6 is 23.5 Å². The normalized spacial score (nSPS) is 13.1. The fourth-order valence-corrected chi connectivity index (χ4v) is 3.12. The van der Waals surface area contributed by atoms with Crippen LogP contribution < -0.4 is 16.0 Å². The van der Waals surface area contributed by atoms with Crippen molar-refractivity contribution in [1.29, 1.82) is 0 Å². The Morgan fingerprint density at radius 1 is 1.42 bits per heavy atom. The van der Waals surface area contributed by atoms with Gasteiger partial charge in [0, 0.05) is 24.7 Å². The van der Waals surface area contributed by atoms with Crippen molar-refractivity contribution in [2.45, 2.75) is 38.5 Å². The highest BCUT2D eigenvalue weighted by Gasteiger charge is 2.17. The lowest BCUT2D eigenvalue weighted by molar-refractivity contribution is 0.724. The molecule has 0 saturated carbocycles. The van der Waals surface area contributed by atoms with Crippen molar-refractivity contribution in [2.75, 3.05) is 0 Å². The van der Waals surface area contributed by atoms with E-state index >= 15 is 0 Å². The van der Waals surface area contributed by atoms with Crippen LogP contribution in [0.5, 0.6) is 0 Å². The van der Waals surface area contributed by atoms with Gasteiger partial charge < -0.3 is 4.57 Å². The van der Waals surface area contributed by atoms with E-state index in [2.05, 4.69) is 14.7 Å². The molecule has 7 nitrogen and oxygen atoms in total. The van der Waals surface area contributed by atoms with Crippen LogP contribution in [0, 0.1) is 0 Å². The van der Waals surface area contributed by atoms with E-state index in [1.807, 2.05) is 39.0 Å². The van der Waals surface area contributed by atoms with Crippen molar-refractivity contribution in [3.63, 3.8) is 0 Å². The summed E-state index contributed by atoms with van der Waals surface area (Å²) in [5, 5.41) is 1.21. The third kappa shape index (κ3) is 4.78. The van der Waals surface area contributed by atoms with Gasteiger partial charge in [0.25, 0.3) is 5.56 Å². The van der Waals surface area contributed by atoms with Gasteiger partial charge in [0.15, 0.2) is 16.3 Å². The lowest BCUT2D eigenvalue weighted by Crippen LogP contribution is -2.29. The van der Waals surface area contributed by atoms with Crippen LogP contribution in [0.2, 0.25) is 0 Å². The minimum absolute atomic E-state index is 0.230. The Hall–Kier alpha value is -2.03. The zero-order valence-electron chi connectivity index (χ0n) is 15.1. The second kappa shape index (κ2) is 9.07. The summed E-state index contributed by atoms with van der Waals surface area (Å²) in [6, 6.07) is 0.230. The molecule has 0 aromatic carbocycles. The van der Waals surface area contributed by atoms with E-state index in [4.69, 9.17) is 11.6 Å². The molecule has 0 atom stereocenters. The van der Waals surface area contributed by atoms with Gasteiger partial charge >= 0.3 is 5.69 Å². The van der Waals surface area contributed by atoms with E-state index in [1.54, 1.807) is 23.8 Å². The van der Waals surface area contributed by atoms with Crippen molar-refractivity contribution in [2.24, 2.45) is 7.05 Å². The standard InChI is InChI=1S/C17H22ClN5O2S/c1-5-8-12(18)9-6-7-10-23-13-14(19-17(23)26-21-11(2)3)22(4)16(25)20-15(13)24/h5-9,11,21H,10H2,1-4H3,(H,20,24,25)/b7-6+,8-5-,12-9+. The van der Waals surface area contributed by atoms with Gasteiger partial charge in [-0.3, -0.25) is 19.1 Å². The summed E-state index contributed by atoms with van der Waals surface area (Å²) in [4.78, 5) is 30.9. The zero-order chi connectivity index (χ0) is 19.3. The fraction of sp³-hybridized carbons (Fsp3) is 0.353. The molecule has 0 fully saturated rings. The van der Waals surface area contributed by atoms with Gasteiger partial charge in [0.05, 0.1) is 0 Å². The van der Waals surface area contributed by atoms with Crippen LogP contribution in [-0.4, -0.2) is 25.1 Å². The number of allylic oxidation sites excluding steroid dienone is 6. The van der Waals surface area contributed by atoms with E-state index in [9.17, 15) is 9.59 Å². The second-order valence-electron chi connectivity index (χ2n) is 5.85. The van der Waals surface area contributed by atoms with Gasteiger partial charge in [-0.15, -0.1) is 0 Å². The van der Waals surface area contributed by atoms with Gasteiger partial charge in [-0.25, -0.2) is 9.78 Å². The van der Waals surface area contributed by atoms with Crippen LogP contribution in [0.25, 0.3) is 11.2 Å². The first-order valence-corrected chi connectivity index (χ1v) is 9.31. The Bertz CT molecular complexity index is 981. The number of rotatable bonds is 7. The number of nitrogens with zero attached hydrogens (tertiary/aromatic N) is 3. The first-order valence-electron chi connectivity index (χ1n) is 8.12. The molecule has 0 spiro atoms. The summed E-state index contributed by atoms with van der Waals surface area (Å²) in [5.41, 5.74) is -0.240. The van der Waals surface area contributed by atoms with Crippen LogP contribution in [-0.2, 0) is 13.6 Å². The van der Waals surface area contributed by atoms with Crippen LogP contribution in [0.15, 0.2) is 50.2 Å². The number of imidazole rings is 1. The predicted molar refractivity (Wildman–Crippen MR) is 108 cm³/mol. The number of aromatic nitrogens is 4. The molecule has 0 unspecified atom stereocenters. The van der Waals surface area contributed by atoms with E-state index < -0.39 is 11.2 Å². The summed E-state index contributed by atoms with van der Waals surface area (Å²) in [6.45, 7) is 6.32. The molecule has 0 saturated heterocycles. The number of H-pyrrole nitrogens is 1. The Labute approximate surface area is 160 Å². The Morgan fingerprint density at radius 3 is 2.81 bits per heavy atom. The monoisotopic (exact) mass is 395 g/mol. The molecule has 0 radical (unpaired) electrons. The molecule has 2 N–H and O–H groups in total. The molecule has 0 amide bonds. The Morgan fingerprint density at radius 2 is 2.15 bits per heavy atom. The first-order chi connectivity index (χ1) is 12.3. The molecule has 0 aliphatic rings. The molecular weight excluding hydrogens is 374 g/mol. The number of aryl methyl sites for hydroxylation is 1. The molecular formula is C17H22ClN5O2S. The van der Waals surface area contributed by atoms with Gasteiger partial charge in [0.2, 0.25) is 0 Å². The van der Waals surface area contributed by atoms with Gasteiger partial charge in [-0.2, -0.15) is 0 Å². The average Bonchev–Trinajstić information content (AvgIpc) is 2.94. The number of nitrogens with one attached hydrogen (secondary N) is 2. The molecule has 2 aromatic rings. The third-order valence-corrected chi connectivity index (χ3v) is 4.70. The van der Waals surface area contributed by atoms with E-state index in [-0.39, 0.29) is 6.04 Å². The molecule has 2 rings (SSSR count). The highest BCUT2D eigenvalue weighted by atomic mass is 35.5. The molecule has 140 valence electrons. The molecule has 0 bridgehead atoms. The quantitative estimate of drug-likeness (QED) is 0.556. The Balaban J connectivity index is 2.47. The molecule has 2 aromatic heterocycles. The van der Waals surface area contributed by atoms with E-state index in [1.165, 1.54) is 16.5 Å². The minimum atomic E-state index is -0.489. The van der Waals surface area contributed by atoms with Crippen molar-refractivity contribution in [3.05, 3.63) is 56.3 Å². The van der Waals surface area contributed by atoms with Crippen LogP contribution in [0.4, 0.5) is 0 Å². The van der Waals surface area contributed by atoms with E-state index in [0.717, 1.165) is 0 Å². The van der Waals surface area contributed by atoms with E-state index in [0.29, 0.717) is 27.9 Å². The average molecular weight is 396 g/mol. The number of halogens is 1. The van der Waals surface area contributed by atoms with Gasteiger partial charge in [0.1, 0.15) is 0 Å². The van der Waals surface area contributed by atoms with Gasteiger partial charge in [-0.05, 0) is 44.9 Å². The topological polar surface area (TPSA) is 84.7 Å². The largest absolute Gasteiger partial charge is 0.329 e. The highest BCUT2D eigenvalue weighted by molar-refractivity contribution is 7.97. The molecule has 0 aliphatic heterocycles. The SMILES string of the molecule is C\C=C/C(Cl)=C\C=C\Cn1c(SNC(C)C)nc2c1c(=O)[nH]c(=O)n2C. The summed E-state index contributed by atoms with van der Waals surface area (Å²) in [6.07, 6.45) is 9.08. The second-order valence-corrected chi connectivity index (χ2v) is 7.09. The smallest absolute Gasteiger partial charge is 0.308 e. The number of hydrogen-bond donors (Lipinski definition) is 2. The minimum Gasteiger partial charge on any atom is -0.308 e. The third-order valence-electron chi connectivity index (χ3n) is 3.36. The predicted octanol–water partition coefficient (Wildman–Crippen LogP) is 2.68. The maximum Gasteiger partial charge on any atom is 0.329 e. The molecule has 26 heavy (non-hydrogen) atoms. The van der Waals surface area contributed by atoms with Gasteiger partial charge in [-0.1, -0.05) is 29.8 Å².